The Bertz CT molecular complexity index is 1500. The predicted octanol–water partition coefficient (Wildman–Crippen LogP) is 8.84. The monoisotopic (exact) mass is 574 g/mol. The van der Waals surface area contributed by atoms with Crippen LogP contribution in [-0.2, 0) is 0 Å². The van der Waals surface area contributed by atoms with Crippen LogP contribution in [0.1, 0.15) is 39.2 Å². The first kappa shape index (κ1) is 26.1. The van der Waals surface area contributed by atoms with Gasteiger partial charge in [0.15, 0.2) is 0 Å². The Balaban J connectivity index is 1.51. The molecule has 0 saturated carbocycles. The first-order chi connectivity index (χ1) is 19.0. The molecular weight excluding hydrogens is 548 g/mol. The molecule has 4 nitrogen and oxygen atoms in total. The number of benzene rings is 5. The van der Waals surface area contributed by atoms with Crippen molar-refractivity contribution in [2.45, 2.75) is 13.0 Å². The van der Waals surface area contributed by atoms with E-state index >= 15 is 0 Å². The summed E-state index contributed by atoms with van der Waals surface area (Å²) in [6, 6.07) is 43.5. The maximum absolute atomic E-state index is 13.8. The lowest BCUT2D eigenvalue weighted by Gasteiger charge is -2.30. The van der Waals surface area contributed by atoms with E-state index in [0.717, 1.165) is 21.4 Å². The highest BCUT2D eigenvalue weighted by Gasteiger charge is 2.26. The third-order valence-corrected chi connectivity index (χ3v) is 7.13. The van der Waals surface area contributed by atoms with E-state index in [0.29, 0.717) is 16.8 Å². The van der Waals surface area contributed by atoms with Crippen molar-refractivity contribution in [3.8, 4) is 0 Å². The normalized spacial score (nSPS) is 11.4. The molecule has 5 aromatic carbocycles. The average molecular weight is 576 g/mol. The van der Waals surface area contributed by atoms with Crippen LogP contribution >= 0.6 is 15.9 Å². The molecule has 1 atom stereocenters. The number of carbonyl (C=O) groups is 2. The second kappa shape index (κ2) is 11.9. The van der Waals surface area contributed by atoms with Gasteiger partial charge in [-0.25, -0.2) is 0 Å². The van der Waals surface area contributed by atoms with Crippen molar-refractivity contribution >= 4 is 44.8 Å². The zero-order valence-electron chi connectivity index (χ0n) is 21.4. The van der Waals surface area contributed by atoms with Crippen molar-refractivity contribution in [1.82, 2.24) is 0 Å². The first-order valence-corrected chi connectivity index (χ1v) is 13.5. The molecule has 5 rings (SSSR count). The number of nitrogens with zero attached hydrogens (tertiary/aromatic N) is 2. The summed E-state index contributed by atoms with van der Waals surface area (Å²) in [7, 11) is 0. The molecule has 39 heavy (non-hydrogen) atoms. The van der Waals surface area contributed by atoms with E-state index in [1.54, 1.807) is 21.9 Å². The maximum Gasteiger partial charge on any atom is 0.262 e. The summed E-state index contributed by atoms with van der Waals surface area (Å²) in [5.74, 6) is -0.269. The van der Waals surface area contributed by atoms with E-state index in [1.807, 2.05) is 134 Å². The molecule has 5 aromatic rings. The lowest BCUT2D eigenvalue weighted by Crippen LogP contribution is -2.33. The fraction of sp³-hybridized carbons (Fsp3) is 0.0588. The van der Waals surface area contributed by atoms with Crippen LogP contribution in [0, 0.1) is 0 Å². The third kappa shape index (κ3) is 5.84. The van der Waals surface area contributed by atoms with Gasteiger partial charge >= 0.3 is 0 Å². The van der Waals surface area contributed by atoms with Crippen molar-refractivity contribution in [3.05, 3.63) is 161 Å². The van der Waals surface area contributed by atoms with Crippen molar-refractivity contribution in [2.75, 3.05) is 9.80 Å². The minimum Gasteiger partial charge on any atom is -0.301 e. The molecule has 0 N–H and O–H groups in total. The highest BCUT2D eigenvalue weighted by Crippen LogP contribution is 2.31. The van der Waals surface area contributed by atoms with Crippen LogP contribution in [-0.4, -0.2) is 11.8 Å². The van der Waals surface area contributed by atoms with Gasteiger partial charge in [-0.1, -0.05) is 82.7 Å². The van der Waals surface area contributed by atoms with E-state index in [-0.39, 0.29) is 17.9 Å². The minimum atomic E-state index is -0.228. The first-order valence-electron chi connectivity index (χ1n) is 12.7. The van der Waals surface area contributed by atoms with E-state index in [2.05, 4.69) is 15.9 Å². The number of anilines is 3. The van der Waals surface area contributed by atoms with Crippen LogP contribution in [0.4, 0.5) is 17.1 Å². The third-order valence-electron chi connectivity index (χ3n) is 6.60. The molecule has 0 fully saturated rings. The second-order valence-electron chi connectivity index (χ2n) is 9.13. The number of carbonyl (C=O) groups excluding carboxylic acids is 2. The molecule has 192 valence electrons. The van der Waals surface area contributed by atoms with Gasteiger partial charge < -0.3 is 4.90 Å². The average Bonchev–Trinajstić information content (AvgIpc) is 2.99. The highest BCUT2D eigenvalue weighted by molar-refractivity contribution is 9.10. The summed E-state index contributed by atoms with van der Waals surface area (Å²) in [6.07, 6.45) is 0. The zero-order chi connectivity index (χ0) is 27.2. The van der Waals surface area contributed by atoms with E-state index in [9.17, 15) is 9.59 Å². The van der Waals surface area contributed by atoms with Gasteiger partial charge in [0.25, 0.3) is 11.8 Å². The van der Waals surface area contributed by atoms with Gasteiger partial charge in [-0.3, -0.25) is 14.5 Å². The fourth-order valence-electron chi connectivity index (χ4n) is 4.56. The second-order valence-corrected chi connectivity index (χ2v) is 10.0. The molecule has 0 aliphatic heterocycles. The lowest BCUT2D eigenvalue weighted by molar-refractivity contribution is 0.0976. The summed E-state index contributed by atoms with van der Waals surface area (Å²) in [5, 5.41) is 0. The summed E-state index contributed by atoms with van der Waals surface area (Å²) < 4.78 is 0.908. The van der Waals surface area contributed by atoms with E-state index in [1.165, 1.54) is 0 Å². The largest absolute Gasteiger partial charge is 0.301 e. The van der Waals surface area contributed by atoms with E-state index < -0.39 is 0 Å². The van der Waals surface area contributed by atoms with Gasteiger partial charge in [0.2, 0.25) is 0 Å². The molecule has 0 radical (unpaired) electrons. The van der Waals surface area contributed by atoms with Gasteiger partial charge in [0.05, 0.1) is 6.04 Å². The Hall–Kier alpha value is -4.48. The Morgan fingerprint density at radius 1 is 0.538 bits per heavy atom. The van der Waals surface area contributed by atoms with Crippen molar-refractivity contribution in [2.24, 2.45) is 0 Å². The predicted molar refractivity (Wildman–Crippen MR) is 162 cm³/mol. The summed E-state index contributed by atoms with van der Waals surface area (Å²) in [4.78, 5) is 31.1. The van der Waals surface area contributed by atoms with Crippen LogP contribution < -0.4 is 9.80 Å². The van der Waals surface area contributed by atoms with Crippen LogP contribution in [0.5, 0.6) is 0 Å². The molecule has 2 amide bonds. The van der Waals surface area contributed by atoms with Crippen molar-refractivity contribution in [3.63, 3.8) is 0 Å². The standard InChI is InChI=1S/C34H27BrN2O2/c1-25(26-11-5-2-6-12-26)36(33(38)27-17-21-29(35)22-18-27)32-23-19-28(20-24-32)34(39)37(30-13-7-3-8-14-30)31-15-9-4-10-16-31/h2-25H,1H3/t25-/m0/s1. The van der Waals surface area contributed by atoms with Gasteiger partial charge in [-0.05, 0) is 85.3 Å². The number of halogens is 1. The van der Waals surface area contributed by atoms with Gasteiger partial charge in [0, 0.05) is 32.7 Å². The van der Waals surface area contributed by atoms with Crippen LogP contribution in [0.15, 0.2) is 144 Å². The zero-order valence-corrected chi connectivity index (χ0v) is 23.0. The number of para-hydroxylation sites is 2. The van der Waals surface area contributed by atoms with Gasteiger partial charge in [-0.15, -0.1) is 0 Å². The maximum atomic E-state index is 13.8. The van der Waals surface area contributed by atoms with Gasteiger partial charge in [0.1, 0.15) is 0 Å². The van der Waals surface area contributed by atoms with Crippen molar-refractivity contribution in [1.29, 1.82) is 0 Å². The fourth-order valence-corrected chi connectivity index (χ4v) is 4.82. The number of hydrogen-bond donors (Lipinski definition) is 0. The number of hydrogen-bond acceptors (Lipinski definition) is 2. The Labute approximate surface area is 237 Å². The van der Waals surface area contributed by atoms with Crippen LogP contribution in [0.3, 0.4) is 0 Å². The van der Waals surface area contributed by atoms with Crippen molar-refractivity contribution < 1.29 is 9.59 Å². The SMILES string of the molecule is C[C@@H](c1ccccc1)N(C(=O)c1ccc(Br)cc1)c1ccc(C(=O)N(c2ccccc2)c2ccccc2)cc1. The smallest absolute Gasteiger partial charge is 0.262 e. The molecule has 0 aliphatic carbocycles. The molecule has 0 bridgehead atoms. The molecule has 0 aliphatic rings. The Kier molecular flexibility index (Phi) is 7.99. The minimum absolute atomic E-state index is 0.117. The molecule has 0 saturated heterocycles. The van der Waals surface area contributed by atoms with E-state index in [4.69, 9.17) is 0 Å². The lowest BCUT2D eigenvalue weighted by atomic mass is 10.0. The number of rotatable bonds is 7. The van der Waals surface area contributed by atoms with Crippen LogP contribution in [0.2, 0.25) is 0 Å². The summed E-state index contributed by atoms with van der Waals surface area (Å²) in [6.45, 7) is 2.01. The Morgan fingerprint density at radius 2 is 0.974 bits per heavy atom. The molecule has 0 aromatic heterocycles. The quantitative estimate of drug-likeness (QED) is 0.195. The topological polar surface area (TPSA) is 40.6 Å². The Morgan fingerprint density at radius 3 is 1.49 bits per heavy atom. The molecule has 0 heterocycles. The summed E-state index contributed by atoms with van der Waals surface area (Å²) in [5.41, 5.74) is 4.39. The molecular formula is C34H27BrN2O2. The van der Waals surface area contributed by atoms with Gasteiger partial charge in [-0.2, -0.15) is 0 Å². The molecule has 5 heteroatoms. The highest BCUT2D eigenvalue weighted by atomic mass is 79.9. The number of amides is 2. The molecule has 0 unspecified atom stereocenters. The molecule has 0 spiro atoms. The van der Waals surface area contributed by atoms with Crippen LogP contribution in [0.25, 0.3) is 0 Å². The summed E-state index contributed by atoms with van der Waals surface area (Å²) >= 11 is 3.45.